The van der Waals surface area contributed by atoms with Crippen molar-refractivity contribution < 1.29 is 17.9 Å². The molecule has 182 valence electrons. The number of carbonyl (C=O) groups is 1. The topological polar surface area (TPSA) is 140 Å². The molecule has 3 aromatic rings. The molecule has 1 fully saturated rings. The number of nitrogens with one attached hydrogen (secondary N) is 2. The molecule has 0 radical (unpaired) electrons. The van der Waals surface area contributed by atoms with Crippen molar-refractivity contribution in [3.63, 3.8) is 0 Å². The second-order valence-electron chi connectivity index (χ2n) is 9.51. The molecule has 1 saturated carbocycles. The fraction of sp³-hybridized carbons (Fsp3) is 0.435. The number of benzene rings is 1. The molecule has 34 heavy (non-hydrogen) atoms. The number of sulfonamides is 1. The summed E-state index contributed by atoms with van der Waals surface area (Å²) in [5.41, 5.74) is 6.57. The number of aromatic amines is 1. The van der Waals surface area contributed by atoms with Crippen LogP contribution in [0.4, 0.5) is 4.79 Å². The molecule has 1 aliphatic rings. The lowest BCUT2D eigenvalue weighted by molar-refractivity contribution is 0.0787. The van der Waals surface area contributed by atoms with Crippen LogP contribution < -0.4 is 10.5 Å². The van der Waals surface area contributed by atoms with Gasteiger partial charge in [0.05, 0.1) is 20.5 Å². The molecule has 0 atom stereocenters. The van der Waals surface area contributed by atoms with Gasteiger partial charge in [0.2, 0.25) is 10.0 Å². The lowest BCUT2D eigenvalue weighted by Gasteiger charge is -2.26. The third kappa shape index (κ3) is 5.65. The molecule has 4 N–H and O–H groups in total. The number of amides is 1. The zero-order valence-corrected chi connectivity index (χ0v) is 21.0. The summed E-state index contributed by atoms with van der Waals surface area (Å²) in [4.78, 5) is 16.6. The van der Waals surface area contributed by atoms with Gasteiger partial charge in [0, 0.05) is 35.0 Å². The molecular formula is C23H29N5O4S2. The minimum absolute atomic E-state index is 0.150. The van der Waals surface area contributed by atoms with E-state index in [4.69, 9.17) is 10.5 Å². The van der Waals surface area contributed by atoms with E-state index in [0.29, 0.717) is 5.56 Å². The van der Waals surface area contributed by atoms with Gasteiger partial charge in [-0.15, -0.1) is 11.3 Å². The number of ether oxygens (including phenoxy) is 1. The maximum absolute atomic E-state index is 13.4. The van der Waals surface area contributed by atoms with Crippen molar-refractivity contribution in [2.24, 2.45) is 5.73 Å². The Morgan fingerprint density at radius 3 is 2.56 bits per heavy atom. The molecule has 0 spiro atoms. The fourth-order valence-electron chi connectivity index (χ4n) is 4.18. The maximum Gasteiger partial charge on any atom is 0.404 e. The van der Waals surface area contributed by atoms with Gasteiger partial charge < -0.3 is 10.5 Å². The molecule has 4 rings (SSSR count). The summed E-state index contributed by atoms with van der Waals surface area (Å²) < 4.78 is 34.7. The van der Waals surface area contributed by atoms with Crippen molar-refractivity contribution in [3.05, 3.63) is 41.7 Å². The van der Waals surface area contributed by atoms with Gasteiger partial charge in [0.25, 0.3) is 0 Å². The first-order valence-corrected chi connectivity index (χ1v) is 13.4. The first-order chi connectivity index (χ1) is 16.0. The number of carbonyl (C=O) groups excluding carboxylic acids is 1. The van der Waals surface area contributed by atoms with Crippen molar-refractivity contribution in [1.29, 1.82) is 0 Å². The first kappa shape index (κ1) is 24.4. The second-order valence-corrected chi connectivity index (χ2v) is 12.2. The zero-order valence-electron chi connectivity index (χ0n) is 19.4. The van der Waals surface area contributed by atoms with E-state index in [2.05, 4.69) is 19.9 Å². The van der Waals surface area contributed by atoms with Gasteiger partial charge in [-0.2, -0.15) is 5.10 Å². The van der Waals surface area contributed by atoms with Crippen molar-refractivity contribution in [2.45, 2.75) is 68.9 Å². The summed E-state index contributed by atoms with van der Waals surface area (Å²) in [6, 6.07) is 7.17. The lowest BCUT2D eigenvalue weighted by atomic mass is 9.88. The summed E-state index contributed by atoms with van der Waals surface area (Å²) in [6.07, 6.45) is 5.62. The number of aromatic nitrogens is 3. The number of hydrogen-bond acceptors (Lipinski definition) is 7. The Morgan fingerprint density at radius 2 is 1.94 bits per heavy atom. The van der Waals surface area contributed by atoms with Crippen LogP contribution in [0.5, 0.6) is 0 Å². The standard InChI is InChI=1S/C23H29N5O4S2/c1-23(2,3)28-34(30,31)20-12-15(18-10-11-26-27-18)6-9-17(20)19-13-25-21(33-19)14-4-7-16(8-5-14)32-22(24)29/h6,9-14,16,28H,4-5,7-8H2,1-3H3,(H2,24,29)(H,26,27). The van der Waals surface area contributed by atoms with Crippen LogP contribution in [0.2, 0.25) is 0 Å². The Bertz CT molecular complexity index is 1250. The predicted octanol–water partition coefficient (Wildman–Crippen LogP) is 4.40. The highest BCUT2D eigenvalue weighted by molar-refractivity contribution is 7.89. The highest BCUT2D eigenvalue weighted by Gasteiger charge is 2.29. The number of nitrogens with zero attached hydrogens (tertiary/aromatic N) is 2. The molecule has 1 amide bonds. The fourth-order valence-corrected chi connectivity index (χ4v) is 7.04. The van der Waals surface area contributed by atoms with E-state index in [1.165, 1.54) is 11.3 Å². The molecule has 0 aliphatic heterocycles. The molecule has 1 aromatic carbocycles. The van der Waals surface area contributed by atoms with Crippen molar-refractivity contribution in [1.82, 2.24) is 19.9 Å². The van der Waals surface area contributed by atoms with Crippen LogP contribution in [-0.4, -0.2) is 41.3 Å². The lowest BCUT2D eigenvalue weighted by Crippen LogP contribution is -2.40. The Kier molecular flexibility index (Phi) is 6.79. The van der Waals surface area contributed by atoms with Gasteiger partial charge in [0.15, 0.2) is 0 Å². The van der Waals surface area contributed by atoms with Crippen LogP contribution in [0.25, 0.3) is 21.7 Å². The van der Waals surface area contributed by atoms with Crippen molar-refractivity contribution >= 4 is 27.5 Å². The molecule has 11 heteroatoms. The Labute approximate surface area is 203 Å². The van der Waals surface area contributed by atoms with Crippen LogP contribution in [0, 0.1) is 0 Å². The zero-order chi connectivity index (χ0) is 24.5. The maximum atomic E-state index is 13.4. The molecule has 1 aliphatic carbocycles. The molecule has 0 unspecified atom stereocenters. The van der Waals surface area contributed by atoms with E-state index < -0.39 is 21.7 Å². The number of primary amides is 1. The van der Waals surface area contributed by atoms with Crippen LogP contribution in [0.15, 0.2) is 41.6 Å². The van der Waals surface area contributed by atoms with E-state index in [0.717, 1.165) is 46.8 Å². The minimum Gasteiger partial charge on any atom is -0.446 e. The van der Waals surface area contributed by atoms with Gasteiger partial charge in [-0.25, -0.2) is 22.9 Å². The summed E-state index contributed by atoms with van der Waals surface area (Å²) in [5, 5.41) is 7.82. The molecule has 0 bridgehead atoms. The third-order valence-electron chi connectivity index (χ3n) is 5.62. The SMILES string of the molecule is CC(C)(C)NS(=O)(=O)c1cc(-c2ccn[nH]2)ccc1-c1cnc(C2CCC(OC(N)=O)CC2)s1. The van der Waals surface area contributed by atoms with Gasteiger partial charge in [-0.3, -0.25) is 5.10 Å². The largest absolute Gasteiger partial charge is 0.446 e. The van der Waals surface area contributed by atoms with Gasteiger partial charge in [-0.05, 0) is 58.6 Å². The number of rotatable bonds is 6. The first-order valence-electron chi connectivity index (χ1n) is 11.1. The van der Waals surface area contributed by atoms with E-state index in [-0.39, 0.29) is 16.9 Å². The van der Waals surface area contributed by atoms with Crippen molar-refractivity contribution in [3.8, 4) is 21.7 Å². The Morgan fingerprint density at radius 1 is 1.21 bits per heavy atom. The number of H-pyrrole nitrogens is 1. The molecule has 9 nitrogen and oxygen atoms in total. The Balaban J connectivity index is 1.65. The van der Waals surface area contributed by atoms with Crippen LogP contribution in [-0.2, 0) is 14.8 Å². The number of hydrogen-bond donors (Lipinski definition) is 3. The van der Waals surface area contributed by atoms with Gasteiger partial charge in [0.1, 0.15) is 6.10 Å². The summed E-state index contributed by atoms with van der Waals surface area (Å²) in [5.74, 6) is 0.239. The highest BCUT2D eigenvalue weighted by Crippen LogP contribution is 2.40. The molecule has 0 saturated heterocycles. The second kappa shape index (κ2) is 9.47. The number of nitrogens with two attached hydrogens (primary N) is 1. The normalized spacial score (nSPS) is 19.1. The quantitative estimate of drug-likeness (QED) is 0.455. The van der Waals surface area contributed by atoms with E-state index in [1.807, 2.05) is 32.9 Å². The highest BCUT2D eigenvalue weighted by atomic mass is 32.2. The van der Waals surface area contributed by atoms with E-state index in [1.54, 1.807) is 24.5 Å². The van der Waals surface area contributed by atoms with Crippen molar-refractivity contribution in [2.75, 3.05) is 0 Å². The third-order valence-corrected chi connectivity index (χ3v) is 8.61. The minimum atomic E-state index is -3.81. The number of thiazole rings is 1. The predicted molar refractivity (Wildman–Crippen MR) is 131 cm³/mol. The summed E-state index contributed by atoms with van der Waals surface area (Å²) in [6.45, 7) is 5.43. The Hall–Kier alpha value is -2.76. The average molecular weight is 504 g/mol. The summed E-state index contributed by atoms with van der Waals surface area (Å²) >= 11 is 1.50. The van der Waals surface area contributed by atoms with Crippen LogP contribution >= 0.6 is 11.3 Å². The molecular weight excluding hydrogens is 474 g/mol. The van der Waals surface area contributed by atoms with Crippen LogP contribution in [0.3, 0.4) is 0 Å². The monoisotopic (exact) mass is 503 g/mol. The molecule has 2 aromatic heterocycles. The summed E-state index contributed by atoms with van der Waals surface area (Å²) in [7, 11) is -3.81. The average Bonchev–Trinajstić information content (AvgIpc) is 3.44. The van der Waals surface area contributed by atoms with Gasteiger partial charge >= 0.3 is 6.09 Å². The van der Waals surface area contributed by atoms with E-state index in [9.17, 15) is 13.2 Å². The van der Waals surface area contributed by atoms with Crippen LogP contribution in [0.1, 0.15) is 57.4 Å². The molecule has 2 heterocycles. The smallest absolute Gasteiger partial charge is 0.404 e. The van der Waals surface area contributed by atoms with Gasteiger partial charge in [-0.1, -0.05) is 12.1 Å². The van der Waals surface area contributed by atoms with E-state index >= 15 is 0 Å².